The van der Waals surface area contributed by atoms with Crippen molar-refractivity contribution >= 4 is 11.7 Å². The maximum absolute atomic E-state index is 12.6. The van der Waals surface area contributed by atoms with Gasteiger partial charge in [0.25, 0.3) is 5.92 Å². The Morgan fingerprint density at radius 1 is 1.20 bits per heavy atom. The van der Waals surface area contributed by atoms with Crippen molar-refractivity contribution in [3.63, 3.8) is 0 Å². The topological polar surface area (TPSA) is 61.4 Å². The van der Waals surface area contributed by atoms with Crippen LogP contribution in [0.15, 0.2) is 24.3 Å². The summed E-state index contributed by atoms with van der Waals surface area (Å²) in [5.74, 6) is -3.49. The Kier molecular flexibility index (Phi) is 4.88. The minimum absolute atomic E-state index is 0.190. The molecule has 3 N–H and O–H groups in total. The van der Waals surface area contributed by atoms with E-state index in [9.17, 15) is 26.7 Å². The summed E-state index contributed by atoms with van der Waals surface area (Å²) in [4.78, 5) is 11.2. The van der Waals surface area contributed by atoms with Gasteiger partial charge in [-0.3, -0.25) is 0 Å². The molecule has 0 heterocycles. The summed E-state index contributed by atoms with van der Waals surface area (Å²) >= 11 is 0. The van der Waals surface area contributed by atoms with E-state index >= 15 is 0 Å². The highest BCUT2D eigenvalue weighted by Gasteiger charge is 2.31. The number of carbonyl (C=O) groups is 1. The monoisotopic (exact) mass is 298 g/mol. The van der Waals surface area contributed by atoms with Gasteiger partial charge in [-0.2, -0.15) is 13.2 Å². The fraction of sp³-hybridized carbons (Fsp3) is 0.364. The fourth-order valence-corrected chi connectivity index (χ4v) is 1.21. The van der Waals surface area contributed by atoms with Crippen molar-refractivity contribution in [3.8, 4) is 0 Å². The van der Waals surface area contributed by atoms with Crippen LogP contribution >= 0.6 is 0 Å². The first kappa shape index (κ1) is 16.2. The lowest BCUT2D eigenvalue weighted by molar-refractivity contribution is -0.137. The highest BCUT2D eigenvalue weighted by atomic mass is 19.4. The molecule has 2 amide bonds. The molecule has 0 aliphatic rings. The van der Waals surface area contributed by atoms with E-state index in [1.165, 1.54) is 6.07 Å². The molecule has 1 rings (SSSR count). The standard InChI is InChI=1S/C11H11F5N2O2/c12-10(13,6-19)5-17-9(20)18-8-3-1-2-7(4-8)11(14,15)16/h1-4,19H,5-6H2,(H2,17,18,20). The summed E-state index contributed by atoms with van der Waals surface area (Å²) in [6.07, 6.45) is -4.57. The number of urea groups is 1. The Balaban J connectivity index is 2.63. The highest BCUT2D eigenvalue weighted by molar-refractivity contribution is 5.89. The van der Waals surface area contributed by atoms with Gasteiger partial charge in [0.15, 0.2) is 0 Å². The molecule has 0 spiro atoms. The number of hydrogen-bond acceptors (Lipinski definition) is 2. The van der Waals surface area contributed by atoms with Crippen molar-refractivity contribution in [2.45, 2.75) is 12.1 Å². The summed E-state index contributed by atoms with van der Waals surface area (Å²) in [7, 11) is 0. The fourth-order valence-electron chi connectivity index (χ4n) is 1.21. The van der Waals surface area contributed by atoms with E-state index in [0.717, 1.165) is 12.1 Å². The third kappa shape index (κ3) is 5.00. The number of aliphatic hydroxyl groups is 1. The van der Waals surface area contributed by atoms with Crippen LogP contribution in [0.2, 0.25) is 0 Å². The molecule has 1 aromatic rings. The lowest BCUT2D eigenvalue weighted by atomic mass is 10.2. The first-order valence-corrected chi connectivity index (χ1v) is 5.35. The van der Waals surface area contributed by atoms with Crippen LogP contribution in [0, 0.1) is 0 Å². The molecule has 20 heavy (non-hydrogen) atoms. The molecule has 1 aromatic carbocycles. The van der Waals surface area contributed by atoms with Crippen molar-refractivity contribution in [1.29, 1.82) is 0 Å². The van der Waals surface area contributed by atoms with Crippen LogP contribution in [0.25, 0.3) is 0 Å². The van der Waals surface area contributed by atoms with E-state index in [1.54, 1.807) is 5.32 Å². The number of halogens is 5. The third-order valence-electron chi connectivity index (χ3n) is 2.19. The Morgan fingerprint density at radius 3 is 2.40 bits per heavy atom. The first-order valence-electron chi connectivity index (χ1n) is 5.35. The predicted octanol–water partition coefficient (Wildman–Crippen LogP) is 2.45. The Morgan fingerprint density at radius 2 is 1.85 bits per heavy atom. The largest absolute Gasteiger partial charge is 0.416 e. The van der Waals surface area contributed by atoms with Crippen LogP contribution in [-0.4, -0.2) is 30.2 Å². The van der Waals surface area contributed by atoms with E-state index in [-0.39, 0.29) is 5.69 Å². The van der Waals surface area contributed by atoms with Crippen LogP contribution < -0.4 is 10.6 Å². The second-order valence-electron chi connectivity index (χ2n) is 3.90. The van der Waals surface area contributed by atoms with Gasteiger partial charge < -0.3 is 15.7 Å². The number of benzene rings is 1. The van der Waals surface area contributed by atoms with Crippen LogP contribution in [0.4, 0.5) is 32.4 Å². The molecule has 0 fully saturated rings. The van der Waals surface area contributed by atoms with Gasteiger partial charge in [-0.25, -0.2) is 13.6 Å². The molecule has 0 saturated carbocycles. The van der Waals surface area contributed by atoms with Crippen molar-refractivity contribution in [1.82, 2.24) is 5.32 Å². The SMILES string of the molecule is O=C(NCC(F)(F)CO)Nc1cccc(C(F)(F)F)c1. The molecule has 0 unspecified atom stereocenters. The van der Waals surface area contributed by atoms with E-state index < -0.39 is 36.8 Å². The zero-order valence-corrected chi connectivity index (χ0v) is 9.97. The van der Waals surface area contributed by atoms with Gasteiger partial charge in [0, 0.05) is 5.69 Å². The van der Waals surface area contributed by atoms with Crippen LogP contribution in [-0.2, 0) is 6.18 Å². The first-order chi connectivity index (χ1) is 9.14. The zero-order valence-electron chi connectivity index (χ0n) is 9.97. The summed E-state index contributed by atoms with van der Waals surface area (Å²) in [6, 6.07) is 2.63. The average molecular weight is 298 g/mol. The quantitative estimate of drug-likeness (QED) is 0.748. The normalized spacial score (nSPS) is 12.1. The predicted molar refractivity (Wildman–Crippen MR) is 60.5 cm³/mol. The molecule has 112 valence electrons. The molecule has 0 aliphatic carbocycles. The molecular weight excluding hydrogens is 287 g/mol. The maximum atomic E-state index is 12.6. The summed E-state index contributed by atoms with van der Waals surface area (Å²) in [5.41, 5.74) is -1.17. The van der Waals surface area contributed by atoms with Crippen LogP contribution in [0.5, 0.6) is 0 Å². The molecule has 0 bridgehead atoms. The van der Waals surface area contributed by atoms with Gasteiger partial charge >= 0.3 is 12.2 Å². The highest BCUT2D eigenvalue weighted by Crippen LogP contribution is 2.30. The van der Waals surface area contributed by atoms with E-state index in [0.29, 0.717) is 6.07 Å². The second-order valence-corrected chi connectivity index (χ2v) is 3.90. The number of nitrogens with one attached hydrogen (secondary N) is 2. The average Bonchev–Trinajstić information content (AvgIpc) is 2.36. The molecule has 4 nitrogen and oxygen atoms in total. The van der Waals surface area contributed by atoms with Gasteiger partial charge in [0.05, 0.1) is 12.1 Å². The summed E-state index contributed by atoms with van der Waals surface area (Å²) in [5, 5.41) is 12.0. The van der Waals surface area contributed by atoms with Gasteiger partial charge in [-0.1, -0.05) is 6.07 Å². The van der Waals surface area contributed by atoms with Crippen molar-refractivity contribution < 1.29 is 31.9 Å². The number of hydrogen-bond donors (Lipinski definition) is 3. The van der Waals surface area contributed by atoms with Crippen LogP contribution in [0.1, 0.15) is 5.56 Å². The minimum atomic E-state index is -4.57. The third-order valence-corrected chi connectivity index (χ3v) is 2.19. The van der Waals surface area contributed by atoms with Crippen molar-refractivity contribution in [2.24, 2.45) is 0 Å². The van der Waals surface area contributed by atoms with E-state index in [1.807, 2.05) is 5.32 Å². The lowest BCUT2D eigenvalue weighted by Gasteiger charge is -2.15. The summed E-state index contributed by atoms with van der Waals surface area (Å²) in [6.45, 7) is -2.58. The Bertz CT molecular complexity index is 476. The molecule has 0 atom stereocenters. The van der Waals surface area contributed by atoms with Gasteiger partial charge in [-0.15, -0.1) is 0 Å². The zero-order chi connectivity index (χ0) is 15.4. The molecule has 0 aromatic heterocycles. The number of amides is 2. The molecular formula is C11H11F5N2O2. The van der Waals surface area contributed by atoms with E-state index in [2.05, 4.69) is 0 Å². The van der Waals surface area contributed by atoms with Crippen LogP contribution in [0.3, 0.4) is 0 Å². The molecule has 0 aliphatic heterocycles. The minimum Gasteiger partial charge on any atom is -0.390 e. The smallest absolute Gasteiger partial charge is 0.390 e. The van der Waals surface area contributed by atoms with Gasteiger partial charge in [0.1, 0.15) is 6.61 Å². The molecule has 9 heteroatoms. The number of rotatable bonds is 4. The maximum Gasteiger partial charge on any atom is 0.416 e. The lowest BCUT2D eigenvalue weighted by Crippen LogP contribution is -2.40. The summed E-state index contributed by atoms with van der Waals surface area (Å²) < 4.78 is 62.5. The van der Waals surface area contributed by atoms with Crippen molar-refractivity contribution in [3.05, 3.63) is 29.8 Å². The number of alkyl halides is 5. The Hall–Kier alpha value is -1.90. The molecule has 0 saturated heterocycles. The number of anilines is 1. The van der Waals surface area contributed by atoms with E-state index in [4.69, 9.17) is 5.11 Å². The van der Waals surface area contributed by atoms with Gasteiger partial charge in [0.2, 0.25) is 0 Å². The number of aliphatic hydroxyl groups excluding tert-OH is 1. The molecule has 0 radical (unpaired) electrons. The van der Waals surface area contributed by atoms with Crippen molar-refractivity contribution in [2.75, 3.05) is 18.5 Å². The number of carbonyl (C=O) groups excluding carboxylic acids is 1. The second kappa shape index (κ2) is 6.04. The Labute approximate surface area is 110 Å². The van der Waals surface area contributed by atoms with Gasteiger partial charge in [-0.05, 0) is 18.2 Å².